The van der Waals surface area contributed by atoms with Crippen molar-refractivity contribution in [2.75, 3.05) is 5.73 Å². The summed E-state index contributed by atoms with van der Waals surface area (Å²) >= 11 is 0. The zero-order valence-electron chi connectivity index (χ0n) is 12.6. The number of H-pyrrole nitrogens is 1. The van der Waals surface area contributed by atoms with Gasteiger partial charge in [0.25, 0.3) is 0 Å². The molecule has 4 rings (SSSR count). The van der Waals surface area contributed by atoms with Gasteiger partial charge < -0.3 is 10.7 Å². The molecule has 0 amide bonds. The number of anilines is 1. The zero-order chi connectivity index (χ0) is 15.8. The number of nitrogens with two attached hydrogens (primary N) is 1. The number of aromatic nitrogens is 4. The summed E-state index contributed by atoms with van der Waals surface area (Å²) < 4.78 is 8.32. The summed E-state index contributed by atoms with van der Waals surface area (Å²) in [7, 11) is 0. The predicted molar refractivity (Wildman–Crippen MR) is 87.0 cm³/mol. The molecular weight excluding hydrogens is 274 g/mol. The summed E-state index contributed by atoms with van der Waals surface area (Å²) in [5, 5.41) is 0. The molecule has 1 aromatic carbocycles. The van der Waals surface area contributed by atoms with E-state index in [1.165, 1.54) is 4.98 Å². The van der Waals surface area contributed by atoms with Gasteiger partial charge >= 0.3 is 0 Å². The number of aromatic amines is 1. The number of nitrogens with one attached hydrogen (secondary N) is 1. The van der Waals surface area contributed by atoms with Crippen molar-refractivity contribution in [2.24, 2.45) is 0 Å². The molecule has 106 valence electrons. The van der Waals surface area contributed by atoms with Crippen molar-refractivity contribution in [3.63, 3.8) is 0 Å². The molecule has 22 heavy (non-hydrogen) atoms. The van der Waals surface area contributed by atoms with Crippen LogP contribution in [-0.2, 0) is 0 Å². The molecule has 3 N–H and O–H groups in total. The Morgan fingerprint density at radius 2 is 1.82 bits per heavy atom. The van der Waals surface area contributed by atoms with Crippen LogP contribution in [0.5, 0.6) is 0 Å². The lowest BCUT2D eigenvalue weighted by atomic mass is 10.1. The van der Waals surface area contributed by atoms with Gasteiger partial charge in [-0.05, 0) is 24.3 Å². The number of hydrogen-bond acceptors (Lipinski definition) is 4. The van der Waals surface area contributed by atoms with Gasteiger partial charge in [0.1, 0.15) is 17.2 Å². The molecule has 0 unspecified atom stereocenters. The Morgan fingerprint density at radius 3 is 2.64 bits per heavy atom. The minimum absolute atomic E-state index is 0.347. The number of pyridine rings is 2. The highest BCUT2D eigenvalue weighted by Crippen LogP contribution is 2.25. The third-order valence-corrected chi connectivity index (χ3v) is 3.44. The first-order valence-corrected chi connectivity index (χ1v) is 6.89. The molecule has 0 aliphatic rings. The molecule has 0 saturated carbocycles. The van der Waals surface area contributed by atoms with Crippen LogP contribution >= 0.6 is 0 Å². The molecule has 0 saturated heterocycles. The lowest BCUT2D eigenvalue weighted by Gasteiger charge is -1.99. The molecule has 0 aliphatic heterocycles. The molecule has 3 aromatic heterocycles. The highest BCUT2D eigenvalue weighted by Gasteiger charge is 2.10. The van der Waals surface area contributed by atoms with Crippen LogP contribution in [0.3, 0.4) is 0 Å². The Labute approximate surface area is 128 Å². The predicted octanol–water partition coefficient (Wildman–Crippen LogP) is 3.27. The average Bonchev–Trinajstić information content (AvgIpc) is 2.92. The first-order valence-electron chi connectivity index (χ1n) is 7.34. The number of nitrogens with zero attached hydrogens (tertiary/aromatic N) is 3. The van der Waals surface area contributed by atoms with Crippen LogP contribution in [-0.4, -0.2) is 19.9 Å². The maximum atomic E-state index is 8.32. The first-order chi connectivity index (χ1) is 11.2. The number of imidazole rings is 1. The van der Waals surface area contributed by atoms with Gasteiger partial charge in [0, 0.05) is 11.8 Å². The van der Waals surface area contributed by atoms with Crippen molar-refractivity contribution in [1.29, 1.82) is 0 Å². The van der Waals surface area contributed by atoms with Gasteiger partial charge in [-0.1, -0.05) is 30.3 Å². The maximum absolute atomic E-state index is 8.32. The Kier molecular flexibility index (Phi) is 2.58. The summed E-state index contributed by atoms with van der Waals surface area (Å²) in [5.41, 5.74) is 9.47. The second-order valence-electron chi connectivity index (χ2n) is 4.89. The fourth-order valence-corrected chi connectivity index (χ4v) is 2.35. The van der Waals surface area contributed by atoms with E-state index in [2.05, 4.69) is 15.0 Å². The van der Waals surface area contributed by atoms with E-state index < -0.39 is 0 Å². The third kappa shape index (κ3) is 2.09. The lowest BCUT2D eigenvalue weighted by Crippen LogP contribution is -1.93. The van der Waals surface area contributed by atoms with E-state index in [0.29, 0.717) is 28.4 Å². The molecule has 5 heteroatoms. The van der Waals surface area contributed by atoms with Gasteiger partial charge in [-0.25, -0.2) is 15.0 Å². The standard InChI is InChI=1S/C17H13N5/c18-15-12(7-4-10-19-15)16-21-14-9-8-13(20-17(14)22-16)11-5-2-1-3-6-11/h1-10H,(H2,18,19)(H,20,21,22)/i/hD. The second-order valence-corrected chi connectivity index (χ2v) is 4.89. The van der Waals surface area contributed by atoms with E-state index in [1.54, 1.807) is 18.3 Å². The highest BCUT2D eigenvalue weighted by molar-refractivity contribution is 5.81. The van der Waals surface area contributed by atoms with Crippen LogP contribution in [0, 0.1) is 0 Å². The molecule has 5 nitrogen and oxygen atoms in total. The molecule has 0 fully saturated rings. The molecule has 4 aromatic rings. The first kappa shape index (κ1) is 11.4. The fourth-order valence-electron chi connectivity index (χ4n) is 2.35. The van der Waals surface area contributed by atoms with Crippen molar-refractivity contribution in [3.05, 3.63) is 60.8 Å². The molecule has 0 radical (unpaired) electrons. The quantitative estimate of drug-likeness (QED) is 0.593. The van der Waals surface area contributed by atoms with E-state index in [4.69, 9.17) is 7.15 Å². The fraction of sp³-hybridized carbons (Fsp3) is 0. The van der Waals surface area contributed by atoms with E-state index in [9.17, 15) is 0 Å². The molecule has 3 heterocycles. The summed E-state index contributed by atoms with van der Waals surface area (Å²) in [4.78, 5) is 14.3. The minimum Gasteiger partial charge on any atom is -0.383 e. The largest absolute Gasteiger partial charge is 0.383 e. The average molecular weight is 288 g/mol. The Balaban J connectivity index is 1.91. The second kappa shape index (κ2) is 4.96. The maximum Gasteiger partial charge on any atom is 0.170 e. The van der Waals surface area contributed by atoms with Gasteiger partial charge in [-0.15, -0.1) is 0 Å². The Bertz CT molecular complexity index is 994. The van der Waals surface area contributed by atoms with Gasteiger partial charge in [0.15, 0.2) is 7.06 Å². The monoisotopic (exact) mass is 288 g/mol. The van der Waals surface area contributed by atoms with Crippen LogP contribution < -0.4 is 5.73 Å². The SMILES string of the molecule is [2H]n1c(-c2cccnc2N)nc2ccc(-c3ccccc3)nc21. The number of benzene rings is 1. The zero-order valence-corrected chi connectivity index (χ0v) is 11.6. The summed E-state index contributed by atoms with van der Waals surface area (Å²) in [6, 6.07) is 17.2. The van der Waals surface area contributed by atoms with E-state index in [-0.39, 0.29) is 0 Å². The molecular formula is C17H13N5. The summed E-state index contributed by atoms with van der Waals surface area (Å²) in [6.07, 6.45) is 1.61. The molecule has 0 spiro atoms. The highest BCUT2D eigenvalue weighted by atomic mass is 15.0. The Morgan fingerprint density at radius 1 is 0.955 bits per heavy atom. The van der Waals surface area contributed by atoms with Gasteiger partial charge in [0.05, 0.1) is 11.3 Å². The van der Waals surface area contributed by atoms with Gasteiger partial charge in [-0.3, -0.25) is 0 Å². The van der Waals surface area contributed by atoms with Crippen LogP contribution in [0.1, 0.15) is 0 Å². The van der Waals surface area contributed by atoms with Gasteiger partial charge in [-0.2, -0.15) is 0 Å². The molecule has 0 bridgehead atoms. The van der Waals surface area contributed by atoms with Crippen LogP contribution in [0.2, 0.25) is 1.41 Å². The van der Waals surface area contributed by atoms with Crippen molar-refractivity contribution in [3.8, 4) is 22.6 Å². The smallest absolute Gasteiger partial charge is 0.170 e. The molecule has 0 aliphatic carbocycles. The van der Waals surface area contributed by atoms with Crippen LogP contribution in [0.4, 0.5) is 5.82 Å². The number of nitrogen functional groups attached to an aromatic ring is 1. The van der Waals surface area contributed by atoms with Crippen molar-refractivity contribution in [1.82, 2.24) is 19.9 Å². The Hall–Kier alpha value is -3.21. The number of fused-ring (bicyclic) bond motifs is 1. The van der Waals surface area contributed by atoms with Gasteiger partial charge in [0.2, 0.25) is 0 Å². The topological polar surface area (TPSA) is 80.5 Å². The van der Waals surface area contributed by atoms with E-state index in [1.807, 2.05) is 42.5 Å². The van der Waals surface area contributed by atoms with E-state index >= 15 is 0 Å². The number of hydrogen-bond donors (Lipinski definition) is 2. The van der Waals surface area contributed by atoms with Crippen LogP contribution in [0.15, 0.2) is 60.8 Å². The van der Waals surface area contributed by atoms with Crippen molar-refractivity contribution < 1.29 is 1.41 Å². The van der Waals surface area contributed by atoms with E-state index in [0.717, 1.165) is 11.3 Å². The number of rotatable bonds is 2. The normalized spacial score (nSPS) is 11.5. The van der Waals surface area contributed by atoms with Crippen LogP contribution in [0.25, 0.3) is 33.8 Å². The minimum atomic E-state index is 0.347. The third-order valence-electron chi connectivity index (χ3n) is 3.44. The van der Waals surface area contributed by atoms with Crippen molar-refractivity contribution >= 4 is 17.0 Å². The summed E-state index contributed by atoms with van der Waals surface area (Å²) in [6.45, 7) is 0. The molecule has 0 atom stereocenters. The van der Waals surface area contributed by atoms with Crippen molar-refractivity contribution in [2.45, 2.75) is 0 Å². The lowest BCUT2D eigenvalue weighted by molar-refractivity contribution is 1.27. The summed E-state index contributed by atoms with van der Waals surface area (Å²) in [5.74, 6) is 0.780.